The highest BCUT2D eigenvalue weighted by molar-refractivity contribution is 5.77. The highest BCUT2D eigenvalue weighted by Crippen LogP contribution is 2.11. The van der Waals surface area contributed by atoms with Crippen molar-refractivity contribution in [3.63, 3.8) is 0 Å². The maximum Gasteiger partial charge on any atom is 0.265 e. The molecule has 0 saturated heterocycles. The second kappa shape index (κ2) is 4.89. The average Bonchev–Trinajstić information content (AvgIpc) is 2.48. The highest BCUT2D eigenvalue weighted by Gasteiger charge is 2.10. The third-order valence-electron chi connectivity index (χ3n) is 3.44. The molecule has 100 valence electrons. The lowest BCUT2D eigenvalue weighted by atomic mass is 10.2. The lowest BCUT2D eigenvalue weighted by molar-refractivity contribution is -0.693. The molecular weight excluding hydrogens is 250 g/mol. The predicted octanol–water partition coefficient (Wildman–Crippen LogP) is 2.00. The highest BCUT2D eigenvalue weighted by atomic mass is 16.1. The molecule has 0 N–H and O–H groups in total. The van der Waals surface area contributed by atoms with Gasteiger partial charge in [-0.3, -0.25) is 9.36 Å². The van der Waals surface area contributed by atoms with Gasteiger partial charge in [-0.1, -0.05) is 12.1 Å². The van der Waals surface area contributed by atoms with Crippen LogP contribution in [0, 0.1) is 6.92 Å². The van der Waals surface area contributed by atoms with Gasteiger partial charge in [-0.15, -0.1) is 0 Å². The van der Waals surface area contributed by atoms with E-state index in [1.165, 1.54) is 0 Å². The Labute approximate surface area is 117 Å². The molecule has 0 fully saturated rings. The Bertz CT molecular complexity index is 819. The molecule has 4 heteroatoms. The van der Waals surface area contributed by atoms with Gasteiger partial charge in [-0.25, -0.2) is 9.55 Å². The van der Waals surface area contributed by atoms with Gasteiger partial charge < -0.3 is 0 Å². The third-order valence-corrected chi connectivity index (χ3v) is 3.44. The second-order valence-electron chi connectivity index (χ2n) is 4.70. The first-order chi connectivity index (χ1) is 9.70. The van der Waals surface area contributed by atoms with E-state index in [9.17, 15) is 4.79 Å². The van der Waals surface area contributed by atoms with Crippen LogP contribution in [0.25, 0.3) is 16.6 Å². The van der Waals surface area contributed by atoms with Gasteiger partial charge >= 0.3 is 0 Å². The molecule has 0 bridgehead atoms. The van der Waals surface area contributed by atoms with Crippen molar-refractivity contribution < 1.29 is 4.57 Å². The van der Waals surface area contributed by atoms with Crippen LogP contribution in [0.2, 0.25) is 0 Å². The molecule has 2 aromatic heterocycles. The molecule has 0 radical (unpaired) electrons. The summed E-state index contributed by atoms with van der Waals surface area (Å²) in [6.45, 7) is 4.84. The number of para-hydroxylation sites is 1. The molecule has 3 rings (SSSR count). The zero-order valence-corrected chi connectivity index (χ0v) is 11.6. The molecule has 0 aliphatic heterocycles. The van der Waals surface area contributed by atoms with Gasteiger partial charge in [0.2, 0.25) is 0 Å². The number of hydrogen-bond acceptors (Lipinski definition) is 2. The summed E-state index contributed by atoms with van der Waals surface area (Å²) in [6, 6.07) is 11.3. The van der Waals surface area contributed by atoms with Crippen LogP contribution in [0.5, 0.6) is 0 Å². The molecule has 0 saturated carbocycles. The third kappa shape index (κ3) is 1.99. The van der Waals surface area contributed by atoms with Crippen molar-refractivity contribution in [2.45, 2.75) is 20.4 Å². The molecule has 0 aliphatic carbocycles. The van der Waals surface area contributed by atoms with Crippen molar-refractivity contribution in [1.82, 2.24) is 9.55 Å². The number of nitrogens with zero attached hydrogens (tertiary/aromatic N) is 3. The SMILES string of the molecule is CC[n+]1ccc(-n2c(C)nc3ccccc3c2=O)cc1. The Kier molecular flexibility index (Phi) is 3.06. The number of pyridine rings is 1. The molecular formula is C16H16N3O+. The molecule has 4 nitrogen and oxygen atoms in total. The maximum absolute atomic E-state index is 12.6. The fourth-order valence-corrected chi connectivity index (χ4v) is 2.36. The first-order valence-corrected chi connectivity index (χ1v) is 6.68. The Morgan fingerprint density at radius 1 is 1.15 bits per heavy atom. The number of rotatable bonds is 2. The van der Waals surface area contributed by atoms with Crippen molar-refractivity contribution in [2.24, 2.45) is 0 Å². The smallest absolute Gasteiger partial charge is 0.265 e. The van der Waals surface area contributed by atoms with E-state index in [2.05, 4.69) is 16.5 Å². The van der Waals surface area contributed by atoms with Gasteiger partial charge in [0.25, 0.3) is 5.56 Å². The van der Waals surface area contributed by atoms with Crippen LogP contribution in [-0.2, 0) is 6.54 Å². The van der Waals surface area contributed by atoms with E-state index in [0.29, 0.717) is 11.2 Å². The van der Waals surface area contributed by atoms with Gasteiger partial charge in [0, 0.05) is 12.1 Å². The summed E-state index contributed by atoms with van der Waals surface area (Å²) in [5, 5.41) is 0.644. The molecule has 0 spiro atoms. The van der Waals surface area contributed by atoms with Gasteiger partial charge in [-0.2, -0.15) is 0 Å². The predicted molar refractivity (Wildman–Crippen MR) is 77.9 cm³/mol. The number of aromatic nitrogens is 3. The summed E-state index contributed by atoms with van der Waals surface area (Å²) in [5.41, 5.74) is 1.56. The lowest BCUT2D eigenvalue weighted by Crippen LogP contribution is -2.31. The fraction of sp³-hybridized carbons (Fsp3) is 0.188. The van der Waals surface area contributed by atoms with E-state index >= 15 is 0 Å². The summed E-state index contributed by atoms with van der Waals surface area (Å²) >= 11 is 0. The normalized spacial score (nSPS) is 10.9. The molecule has 1 aromatic carbocycles. The van der Waals surface area contributed by atoms with Crippen LogP contribution in [-0.4, -0.2) is 9.55 Å². The van der Waals surface area contributed by atoms with Crippen molar-refractivity contribution in [3.8, 4) is 5.69 Å². The van der Waals surface area contributed by atoms with Crippen LogP contribution >= 0.6 is 0 Å². The van der Waals surface area contributed by atoms with Gasteiger partial charge in [0.15, 0.2) is 12.4 Å². The largest absolute Gasteiger partial charge is 0.268 e. The van der Waals surface area contributed by atoms with Gasteiger partial charge in [0.1, 0.15) is 12.4 Å². The Morgan fingerprint density at radius 2 is 1.85 bits per heavy atom. The monoisotopic (exact) mass is 266 g/mol. The van der Waals surface area contributed by atoms with Crippen molar-refractivity contribution in [3.05, 3.63) is 65.0 Å². The van der Waals surface area contributed by atoms with E-state index in [4.69, 9.17) is 0 Å². The summed E-state index contributed by atoms with van der Waals surface area (Å²) in [4.78, 5) is 17.1. The van der Waals surface area contributed by atoms with E-state index in [1.807, 2.05) is 55.7 Å². The van der Waals surface area contributed by atoms with Gasteiger partial charge in [0.05, 0.1) is 16.6 Å². The number of hydrogen-bond donors (Lipinski definition) is 0. The number of benzene rings is 1. The topological polar surface area (TPSA) is 38.8 Å². The Morgan fingerprint density at radius 3 is 2.55 bits per heavy atom. The Balaban J connectivity index is 2.27. The van der Waals surface area contributed by atoms with Crippen molar-refractivity contribution in [1.29, 1.82) is 0 Å². The lowest BCUT2D eigenvalue weighted by Gasteiger charge is -2.09. The Hall–Kier alpha value is -2.49. The van der Waals surface area contributed by atoms with Gasteiger partial charge in [-0.05, 0) is 26.0 Å². The molecule has 2 heterocycles. The molecule has 0 aliphatic rings. The van der Waals surface area contributed by atoms with Crippen LogP contribution in [0.15, 0.2) is 53.6 Å². The summed E-state index contributed by atoms with van der Waals surface area (Å²) in [7, 11) is 0. The average molecular weight is 266 g/mol. The molecule has 20 heavy (non-hydrogen) atoms. The van der Waals surface area contributed by atoms with Crippen LogP contribution < -0.4 is 10.1 Å². The van der Waals surface area contributed by atoms with Crippen LogP contribution in [0.1, 0.15) is 12.7 Å². The standard InChI is InChI=1S/C16H16N3O/c1-3-18-10-8-13(9-11-18)19-12(2)17-15-7-5-4-6-14(15)16(19)20/h4-11H,3H2,1-2H3/q+1. The molecule has 3 aromatic rings. The zero-order valence-electron chi connectivity index (χ0n) is 11.6. The summed E-state index contributed by atoms with van der Waals surface area (Å²) in [6.07, 6.45) is 3.94. The van der Waals surface area contributed by atoms with E-state index in [-0.39, 0.29) is 5.56 Å². The second-order valence-corrected chi connectivity index (χ2v) is 4.70. The number of aryl methyl sites for hydroxylation is 2. The van der Waals surface area contributed by atoms with Crippen molar-refractivity contribution in [2.75, 3.05) is 0 Å². The maximum atomic E-state index is 12.6. The zero-order chi connectivity index (χ0) is 14.1. The van der Waals surface area contributed by atoms with E-state index < -0.39 is 0 Å². The van der Waals surface area contributed by atoms with Crippen LogP contribution in [0.3, 0.4) is 0 Å². The quantitative estimate of drug-likeness (QED) is 0.665. The van der Waals surface area contributed by atoms with E-state index in [1.54, 1.807) is 4.57 Å². The van der Waals surface area contributed by atoms with Crippen LogP contribution in [0.4, 0.5) is 0 Å². The summed E-state index contributed by atoms with van der Waals surface area (Å²) in [5.74, 6) is 0.697. The fourth-order valence-electron chi connectivity index (χ4n) is 2.36. The minimum Gasteiger partial charge on any atom is -0.268 e. The first kappa shape index (κ1) is 12.5. The minimum absolute atomic E-state index is 0.0256. The van der Waals surface area contributed by atoms with Crippen molar-refractivity contribution >= 4 is 10.9 Å². The minimum atomic E-state index is -0.0256. The molecule has 0 unspecified atom stereocenters. The first-order valence-electron chi connectivity index (χ1n) is 6.68. The summed E-state index contributed by atoms with van der Waals surface area (Å²) < 4.78 is 3.71. The molecule has 0 amide bonds. The molecule has 0 atom stereocenters. The van der Waals surface area contributed by atoms with E-state index in [0.717, 1.165) is 17.7 Å². The number of fused-ring (bicyclic) bond motifs is 1.